The first-order chi connectivity index (χ1) is 10.7. The summed E-state index contributed by atoms with van der Waals surface area (Å²) >= 11 is 0. The maximum atomic E-state index is 11.4. The van der Waals surface area contributed by atoms with Crippen molar-refractivity contribution < 1.29 is 4.74 Å². The third-order valence-corrected chi connectivity index (χ3v) is 3.99. The molecule has 4 heteroatoms. The van der Waals surface area contributed by atoms with Crippen LogP contribution >= 0.6 is 0 Å². The second-order valence-corrected chi connectivity index (χ2v) is 5.90. The van der Waals surface area contributed by atoms with E-state index in [1.54, 1.807) is 0 Å². The lowest BCUT2D eigenvalue weighted by molar-refractivity contribution is 0.334. The number of unbranched alkanes of at least 4 members (excludes halogenated alkanes) is 9. The monoisotopic (exact) mass is 309 g/mol. The molecule has 1 aromatic carbocycles. The van der Waals surface area contributed by atoms with E-state index in [9.17, 15) is 9.59 Å². The molecule has 0 fully saturated rings. The molecule has 126 valence electrons. The summed E-state index contributed by atoms with van der Waals surface area (Å²) in [6, 6.07) is 0. The van der Waals surface area contributed by atoms with Crippen molar-refractivity contribution in [2.45, 2.75) is 78.1 Å². The number of ether oxygens (including phenoxy) is 1. The molecular formula is C18H31NO3. The Morgan fingerprint density at radius 1 is 0.773 bits per heavy atom. The van der Waals surface area contributed by atoms with E-state index >= 15 is 0 Å². The molecule has 0 aliphatic carbocycles. The summed E-state index contributed by atoms with van der Waals surface area (Å²) in [5.74, 6) is 0.222. The number of anilines is 1. The normalized spacial score (nSPS) is 11.0. The molecule has 0 aliphatic heterocycles. The number of hydrogen-bond acceptors (Lipinski definition) is 4. The van der Waals surface area contributed by atoms with Crippen LogP contribution in [0.1, 0.15) is 78.1 Å². The molecule has 0 saturated carbocycles. The molecule has 0 aromatic heterocycles. The lowest BCUT2D eigenvalue weighted by Gasteiger charge is -2.12. The summed E-state index contributed by atoms with van der Waals surface area (Å²) in [7, 11) is 0. The second-order valence-electron chi connectivity index (χ2n) is 5.90. The molecule has 1 aromatic rings. The van der Waals surface area contributed by atoms with Gasteiger partial charge in [-0.3, -0.25) is 9.59 Å². The Balaban J connectivity index is 1.99. The van der Waals surface area contributed by atoms with Gasteiger partial charge in [0, 0.05) is 6.54 Å². The SMILES string of the molecule is CCCCCCCCCCCCNc1c(OCC)c(=O)c1=O. The van der Waals surface area contributed by atoms with Crippen LogP contribution in [0.3, 0.4) is 0 Å². The number of nitrogens with one attached hydrogen (secondary N) is 1. The molecule has 22 heavy (non-hydrogen) atoms. The van der Waals surface area contributed by atoms with Crippen molar-refractivity contribution in [3.05, 3.63) is 20.4 Å². The molecule has 1 rings (SSSR count). The first kappa shape index (κ1) is 18.7. The zero-order valence-corrected chi connectivity index (χ0v) is 14.2. The summed E-state index contributed by atoms with van der Waals surface area (Å²) in [5.41, 5.74) is -0.550. The Morgan fingerprint density at radius 3 is 1.86 bits per heavy atom. The Hall–Kier alpha value is -1.32. The first-order valence-electron chi connectivity index (χ1n) is 8.92. The van der Waals surface area contributed by atoms with Crippen molar-refractivity contribution >= 4 is 5.69 Å². The molecule has 0 radical (unpaired) electrons. The third kappa shape index (κ3) is 6.20. The standard InChI is InChI=1S/C18H31NO3/c1-3-5-6-7-8-9-10-11-12-13-14-19-15-16(20)17(21)18(15)22-4-2/h19H,3-14H2,1-2H3. The van der Waals surface area contributed by atoms with Crippen LogP contribution in [-0.2, 0) is 0 Å². The van der Waals surface area contributed by atoms with Crippen molar-refractivity contribution in [2.24, 2.45) is 0 Å². The highest BCUT2D eigenvalue weighted by Crippen LogP contribution is 2.17. The molecular weight excluding hydrogens is 278 g/mol. The summed E-state index contributed by atoms with van der Waals surface area (Å²) in [5, 5.41) is 3.04. The topological polar surface area (TPSA) is 55.4 Å². The fourth-order valence-electron chi connectivity index (χ4n) is 2.64. The van der Waals surface area contributed by atoms with Crippen molar-refractivity contribution in [2.75, 3.05) is 18.5 Å². The van der Waals surface area contributed by atoms with Gasteiger partial charge in [-0.25, -0.2) is 0 Å². The summed E-state index contributed by atoms with van der Waals surface area (Å²) in [6.07, 6.45) is 12.9. The predicted octanol–water partition coefficient (Wildman–Crippen LogP) is 4.01. The zero-order valence-electron chi connectivity index (χ0n) is 14.2. The van der Waals surface area contributed by atoms with E-state index in [1.165, 1.54) is 57.8 Å². The van der Waals surface area contributed by atoms with E-state index in [1.807, 2.05) is 6.92 Å². The summed E-state index contributed by atoms with van der Waals surface area (Å²) in [6.45, 7) is 5.21. The minimum Gasteiger partial charge on any atom is -0.488 e. The highest BCUT2D eigenvalue weighted by atomic mass is 16.5. The molecule has 0 heterocycles. The Morgan fingerprint density at radius 2 is 1.32 bits per heavy atom. The van der Waals surface area contributed by atoms with E-state index in [0.29, 0.717) is 12.3 Å². The summed E-state index contributed by atoms with van der Waals surface area (Å²) in [4.78, 5) is 22.7. The Labute approximate surface area is 134 Å². The molecule has 0 atom stereocenters. The molecule has 0 saturated heterocycles. The van der Waals surface area contributed by atoms with Crippen LogP contribution in [0.25, 0.3) is 0 Å². The highest BCUT2D eigenvalue weighted by Gasteiger charge is 2.21. The fraction of sp³-hybridized carbons (Fsp3) is 0.778. The van der Waals surface area contributed by atoms with Crippen LogP contribution in [0.15, 0.2) is 9.59 Å². The van der Waals surface area contributed by atoms with Gasteiger partial charge < -0.3 is 10.1 Å². The Bertz CT molecular complexity index is 475. The number of rotatable bonds is 14. The quantitative estimate of drug-likeness (QED) is 0.416. The molecule has 0 bridgehead atoms. The van der Waals surface area contributed by atoms with Crippen LogP contribution in [-0.4, -0.2) is 13.2 Å². The van der Waals surface area contributed by atoms with E-state index < -0.39 is 10.9 Å². The molecule has 0 aliphatic rings. The smallest absolute Gasteiger partial charge is 0.272 e. The second kappa shape index (κ2) is 11.3. The van der Waals surface area contributed by atoms with E-state index in [-0.39, 0.29) is 5.75 Å². The van der Waals surface area contributed by atoms with Crippen LogP contribution in [0.5, 0.6) is 5.75 Å². The molecule has 1 N–H and O–H groups in total. The van der Waals surface area contributed by atoms with Gasteiger partial charge in [0.2, 0.25) is 0 Å². The average molecular weight is 309 g/mol. The molecule has 0 amide bonds. The van der Waals surface area contributed by atoms with Gasteiger partial charge in [0.1, 0.15) is 5.69 Å². The van der Waals surface area contributed by atoms with Gasteiger partial charge in [-0.15, -0.1) is 0 Å². The molecule has 0 unspecified atom stereocenters. The Kier molecular flexibility index (Phi) is 9.60. The zero-order chi connectivity index (χ0) is 16.2. The van der Waals surface area contributed by atoms with Gasteiger partial charge in [0.05, 0.1) is 6.61 Å². The number of hydrogen-bond donors (Lipinski definition) is 1. The van der Waals surface area contributed by atoms with Crippen molar-refractivity contribution in [1.82, 2.24) is 0 Å². The van der Waals surface area contributed by atoms with Crippen LogP contribution in [0.4, 0.5) is 5.69 Å². The van der Waals surface area contributed by atoms with Crippen LogP contribution in [0, 0.1) is 0 Å². The van der Waals surface area contributed by atoms with E-state index in [4.69, 9.17) is 4.74 Å². The minimum atomic E-state index is -0.493. The van der Waals surface area contributed by atoms with Gasteiger partial charge in [0.25, 0.3) is 10.9 Å². The van der Waals surface area contributed by atoms with Gasteiger partial charge in [-0.2, -0.15) is 0 Å². The van der Waals surface area contributed by atoms with Gasteiger partial charge in [0.15, 0.2) is 5.75 Å². The molecule has 4 nitrogen and oxygen atoms in total. The maximum Gasteiger partial charge on any atom is 0.272 e. The van der Waals surface area contributed by atoms with Crippen LogP contribution < -0.4 is 20.9 Å². The lowest BCUT2D eigenvalue weighted by atomic mass is 10.1. The largest absolute Gasteiger partial charge is 0.488 e. The first-order valence-corrected chi connectivity index (χ1v) is 8.92. The maximum absolute atomic E-state index is 11.4. The van der Waals surface area contributed by atoms with E-state index in [0.717, 1.165) is 13.0 Å². The van der Waals surface area contributed by atoms with Crippen molar-refractivity contribution in [3.63, 3.8) is 0 Å². The lowest BCUT2D eigenvalue weighted by Crippen LogP contribution is -2.36. The van der Waals surface area contributed by atoms with Gasteiger partial charge in [-0.1, -0.05) is 64.7 Å². The van der Waals surface area contributed by atoms with E-state index in [2.05, 4.69) is 12.2 Å². The van der Waals surface area contributed by atoms with Gasteiger partial charge >= 0.3 is 0 Å². The fourth-order valence-corrected chi connectivity index (χ4v) is 2.64. The average Bonchev–Trinajstić information content (AvgIpc) is 2.54. The van der Waals surface area contributed by atoms with Crippen LogP contribution in [0.2, 0.25) is 0 Å². The van der Waals surface area contributed by atoms with Gasteiger partial charge in [-0.05, 0) is 13.3 Å². The third-order valence-electron chi connectivity index (χ3n) is 3.99. The highest BCUT2D eigenvalue weighted by molar-refractivity contribution is 5.61. The summed E-state index contributed by atoms with van der Waals surface area (Å²) < 4.78 is 5.17. The van der Waals surface area contributed by atoms with Crippen molar-refractivity contribution in [3.8, 4) is 5.75 Å². The minimum absolute atomic E-state index is 0.222. The van der Waals surface area contributed by atoms with Crippen molar-refractivity contribution in [1.29, 1.82) is 0 Å². The predicted molar refractivity (Wildman–Crippen MR) is 92.9 cm³/mol. The molecule has 0 spiro atoms.